The maximum absolute atomic E-state index is 11.9. The third kappa shape index (κ3) is 2.55. The first-order valence-corrected chi connectivity index (χ1v) is 6.22. The summed E-state index contributed by atoms with van der Waals surface area (Å²) in [6.45, 7) is 0. The molecular formula is C15H15ClN4O. The molecule has 0 spiro atoms. The number of carbonyl (C=O) groups is 1. The van der Waals surface area contributed by atoms with Crippen molar-refractivity contribution in [2.45, 2.75) is 0 Å². The van der Waals surface area contributed by atoms with Gasteiger partial charge in [-0.05, 0) is 30.3 Å². The maximum Gasteiger partial charge on any atom is 0.323 e. The van der Waals surface area contributed by atoms with Crippen LogP contribution in [0.3, 0.4) is 0 Å². The van der Waals surface area contributed by atoms with Crippen molar-refractivity contribution in [3.05, 3.63) is 55.0 Å². The molecule has 2 aromatic heterocycles. The number of hydrogen-bond acceptors (Lipinski definition) is 2. The summed E-state index contributed by atoms with van der Waals surface area (Å²) in [7, 11) is 1.96. The smallest absolute Gasteiger partial charge is 0.323 e. The third-order valence-electron chi connectivity index (χ3n) is 3.27. The summed E-state index contributed by atoms with van der Waals surface area (Å²) in [4.78, 5) is 17.4. The fourth-order valence-corrected chi connectivity index (χ4v) is 2.35. The minimum absolute atomic E-state index is 0. The minimum Gasteiger partial charge on any atom is -0.351 e. The van der Waals surface area contributed by atoms with Crippen LogP contribution < -0.4 is 10.6 Å². The van der Waals surface area contributed by atoms with Gasteiger partial charge < -0.3 is 10.3 Å². The lowest BCUT2D eigenvalue weighted by Gasteiger charge is -2.21. The Bertz CT molecular complexity index is 770. The van der Waals surface area contributed by atoms with Crippen LogP contribution in [0.1, 0.15) is 0 Å². The van der Waals surface area contributed by atoms with E-state index in [1.807, 2.05) is 42.1 Å². The summed E-state index contributed by atoms with van der Waals surface area (Å²) in [5.41, 5.74) is 7.99. The average molecular weight is 303 g/mol. The van der Waals surface area contributed by atoms with Gasteiger partial charge in [0.1, 0.15) is 0 Å². The van der Waals surface area contributed by atoms with E-state index in [0.29, 0.717) is 5.69 Å². The van der Waals surface area contributed by atoms with Gasteiger partial charge in [-0.15, -0.1) is 12.4 Å². The van der Waals surface area contributed by atoms with Crippen molar-refractivity contribution in [1.29, 1.82) is 0 Å². The van der Waals surface area contributed by atoms with Crippen molar-refractivity contribution in [1.82, 2.24) is 9.55 Å². The molecule has 0 unspecified atom stereocenters. The van der Waals surface area contributed by atoms with Gasteiger partial charge >= 0.3 is 6.03 Å². The molecule has 0 bridgehead atoms. The molecule has 0 saturated carbocycles. The Hall–Kier alpha value is -2.53. The van der Waals surface area contributed by atoms with Crippen LogP contribution in [0.4, 0.5) is 16.2 Å². The molecule has 1 aromatic carbocycles. The Morgan fingerprint density at radius 3 is 2.71 bits per heavy atom. The minimum atomic E-state index is -0.533. The number of nitrogens with zero attached hydrogens (tertiary/aromatic N) is 3. The largest absolute Gasteiger partial charge is 0.351 e. The Kier molecular flexibility index (Phi) is 4.14. The lowest BCUT2D eigenvalue weighted by atomic mass is 10.2. The summed E-state index contributed by atoms with van der Waals surface area (Å²) in [6.07, 6.45) is 5.23. The van der Waals surface area contributed by atoms with Gasteiger partial charge in [0.25, 0.3) is 0 Å². The quantitative estimate of drug-likeness (QED) is 0.790. The van der Waals surface area contributed by atoms with E-state index in [1.54, 1.807) is 24.5 Å². The summed E-state index contributed by atoms with van der Waals surface area (Å²) < 4.78 is 2.00. The number of halogens is 1. The molecule has 0 fully saturated rings. The van der Waals surface area contributed by atoms with Crippen molar-refractivity contribution in [3.8, 4) is 0 Å². The van der Waals surface area contributed by atoms with Gasteiger partial charge in [0.2, 0.25) is 0 Å². The van der Waals surface area contributed by atoms with Gasteiger partial charge in [-0.1, -0.05) is 6.07 Å². The zero-order valence-corrected chi connectivity index (χ0v) is 12.2. The highest BCUT2D eigenvalue weighted by Crippen LogP contribution is 2.32. The van der Waals surface area contributed by atoms with Crippen molar-refractivity contribution in [2.75, 3.05) is 4.90 Å². The maximum atomic E-state index is 11.9. The molecule has 0 radical (unpaired) electrons. The first kappa shape index (κ1) is 14.9. The summed E-state index contributed by atoms with van der Waals surface area (Å²) in [5, 5.41) is 0.970. The summed E-state index contributed by atoms with van der Waals surface area (Å²) in [5.74, 6) is 0. The highest BCUT2D eigenvalue weighted by Gasteiger charge is 2.18. The lowest BCUT2D eigenvalue weighted by molar-refractivity contribution is 0.256. The number of aromatic nitrogens is 2. The lowest BCUT2D eigenvalue weighted by Crippen LogP contribution is -2.31. The van der Waals surface area contributed by atoms with Gasteiger partial charge in [-0.3, -0.25) is 9.88 Å². The highest BCUT2D eigenvalue weighted by atomic mass is 35.5. The van der Waals surface area contributed by atoms with Crippen molar-refractivity contribution in [2.24, 2.45) is 12.8 Å². The number of primary amides is 1. The predicted molar refractivity (Wildman–Crippen MR) is 86.1 cm³/mol. The number of benzene rings is 1. The zero-order chi connectivity index (χ0) is 14.1. The van der Waals surface area contributed by atoms with Gasteiger partial charge in [-0.2, -0.15) is 0 Å². The molecule has 0 aliphatic rings. The van der Waals surface area contributed by atoms with E-state index in [1.165, 1.54) is 4.90 Å². The Balaban J connectivity index is 0.00000161. The second-order valence-electron chi connectivity index (χ2n) is 4.52. The molecule has 3 aromatic rings. The number of nitrogens with two attached hydrogens (primary N) is 1. The summed E-state index contributed by atoms with van der Waals surface area (Å²) >= 11 is 0. The molecule has 2 heterocycles. The molecule has 0 atom stereocenters. The van der Waals surface area contributed by atoms with Gasteiger partial charge in [-0.25, -0.2) is 4.79 Å². The van der Waals surface area contributed by atoms with E-state index in [9.17, 15) is 4.79 Å². The molecule has 0 saturated heterocycles. The van der Waals surface area contributed by atoms with Crippen molar-refractivity contribution in [3.63, 3.8) is 0 Å². The Labute approximate surface area is 128 Å². The van der Waals surface area contributed by atoms with E-state index in [4.69, 9.17) is 5.73 Å². The van der Waals surface area contributed by atoms with E-state index < -0.39 is 6.03 Å². The molecule has 6 heteroatoms. The first-order chi connectivity index (χ1) is 9.68. The second kappa shape index (κ2) is 5.85. The van der Waals surface area contributed by atoms with Gasteiger partial charge in [0.15, 0.2) is 0 Å². The average Bonchev–Trinajstić information content (AvgIpc) is 2.83. The standard InChI is InChI=1S/C15H14N4O.ClH/c1-18-9-7-12-13(18)5-2-6-14(12)19(15(16)20)11-4-3-8-17-10-11;/h2-10H,1H3,(H2,16,20);1H. The number of rotatable bonds is 2. The highest BCUT2D eigenvalue weighted by molar-refractivity contribution is 6.06. The van der Waals surface area contributed by atoms with Crippen molar-refractivity contribution < 1.29 is 4.79 Å². The van der Waals surface area contributed by atoms with E-state index in [2.05, 4.69) is 4.98 Å². The van der Waals surface area contributed by atoms with Crippen LogP contribution in [0.15, 0.2) is 55.0 Å². The van der Waals surface area contributed by atoms with Gasteiger partial charge in [0.05, 0.1) is 17.6 Å². The Morgan fingerprint density at radius 1 is 1.24 bits per heavy atom. The monoisotopic (exact) mass is 302 g/mol. The normalized spacial score (nSPS) is 10.1. The number of urea groups is 1. The van der Waals surface area contributed by atoms with Crippen LogP contribution in [0.2, 0.25) is 0 Å². The van der Waals surface area contributed by atoms with E-state index >= 15 is 0 Å². The molecule has 2 N–H and O–H groups in total. The summed E-state index contributed by atoms with van der Waals surface area (Å²) in [6, 6.07) is 10.8. The van der Waals surface area contributed by atoms with Crippen LogP contribution in [-0.4, -0.2) is 15.6 Å². The molecular weight excluding hydrogens is 288 g/mol. The fraction of sp³-hybridized carbons (Fsp3) is 0.0667. The molecule has 0 aliphatic heterocycles. The van der Waals surface area contributed by atoms with Crippen LogP contribution >= 0.6 is 12.4 Å². The van der Waals surface area contributed by atoms with Crippen LogP contribution in [0.25, 0.3) is 10.9 Å². The molecule has 108 valence electrons. The molecule has 3 rings (SSSR count). The number of carbonyl (C=O) groups excluding carboxylic acids is 1. The van der Waals surface area contributed by atoms with Crippen LogP contribution in [0, 0.1) is 0 Å². The number of anilines is 2. The van der Waals surface area contributed by atoms with Crippen LogP contribution in [0.5, 0.6) is 0 Å². The SMILES string of the molecule is Cl.Cn1ccc2c(N(C(N)=O)c3cccnc3)cccc21. The number of aryl methyl sites for hydroxylation is 1. The third-order valence-corrected chi connectivity index (χ3v) is 3.27. The predicted octanol–water partition coefficient (Wildman–Crippen LogP) is 3.21. The molecule has 21 heavy (non-hydrogen) atoms. The van der Waals surface area contributed by atoms with E-state index in [-0.39, 0.29) is 12.4 Å². The number of pyridine rings is 1. The Morgan fingerprint density at radius 2 is 2.05 bits per heavy atom. The fourth-order valence-electron chi connectivity index (χ4n) is 2.35. The number of fused-ring (bicyclic) bond motifs is 1. The number of hydrogen-bond donors (Lipinski definition) is 1. The molecule has 2 amide bonds. The zero-order valence-electron chi connectivity index (χ0n) is 11.4. The van der Waals surface area contributed by atoms with E-state index in [0.717, 1.165) is 16.6 Å². The van der Waals surface area contributed by atoms with Gasteiger partial charge in [0, 0.05) is 30.3 Å². The second-order valence-corrected chi connectivity index (χ2v) is 4.52. The number of amides is 2. The first-order valence-electron chi connectivity index (χ1n) is 6.22. The molecule has 0 aliphatic carbocycles. The van der Waals surface area contributed by atoms with Crippen LogP contribution in [-0.2, 0) is 7.05 Å². The molecule has 5 nitrogen and oxygen atoms in total. The topological polar surface area (TPSA) is 64.2 Å². The van der Waals surface area contributed by atoms with Crippen molar-refractivity contribution >= 4 is 40.7 Å².